The van der Waals surface area contributed by atoms with E-state index in [1.165, 1.54) is 12.8 Å². The molecule has 1 saturated carbocycles. The van der Waals surface area contributed by atoms with E-state index in [0.717, 1.165) is 6.42 Å². The summed E-state index contributed by atoms with van der Waals surface area (Å²) < 4.78 is 0. The zero-order valence-electron chi connectivity index (χ0n) is 7.45. The molecular weight excluding hydrogens is 176 g/mol. The molecule has 1 fully saturated rings. The normalized spacial score (nSPS) is 15.2. The van der Waals surface area contributed by atoms with Crippen LogP contribution in [-0.2, 0) is 4.79 Å². The molecule has 0 aromatic carbocycles. The van der Waals surface area contributed by atoms with Crippen LogP contribution < -0.4 is 5.73 Å². The van der Waals surface area contributed by atoms with Gasteiger partial charge < -0.3 is 10.6 Å². The number of carbonyl (C=O) groups excluding carboxylic acids is 1. The van der Waals surface area contributed by atoms with Crippen molar-refractivity contribution in [1.29, 1.82) is 0 Å². The monoisotopic (exact) mass is 192 g/mol. The van der Waals surface area contributed by atoms with Gasteiger partial charge in [0.15, 0.2) is 0 Å². The van der Waals surface area contributed by atoms with Crippen LogP contribution in [0.15, 0.2) is 0 Å². The Hall–Kier alpha value is -0.280. The number of nitrogens with two attached hydrogens (primary N) is 1. The van der Waals surface area contributed by atoms with E-state index in [9.17, 15) is 4.79 Å². The van der Waals surface area contributed by atoms with Crippen LogP contribution in [0, 0.1) is 0 Å². The van der Waals surface area contributed by atoms with Gasteiger partial charge in [-0.15, -0.1) is 12.4 Å². The summed E-state index contributed by atoms with van der Waals surface area (Å²) in [6.07, 6.45) is 3.80. The largest absolute Gasteiger partial charge is 0.343 e. The van der Waals surface area contributed by atoms with Crippen LogP contribution in [0.5, 0.6) is 0 Å². The summed E-state index contributed by atoms with van der Waals surface area (Å²) >= 11 is 0. The van der Waals surface area contributed by atoms with Gasteiger partial charge in [0.1, 0.15) is 0 Å². The summed E-state index contributed by atoms with van der Waals surface area (Å²) in [5.74, 6) is 0.248. The quantitative estimate of drug-likeness (QED) is 0.715. The molecule has 12 heavy (non-hydrogen) atoms. The maximum absolute atomic E-state index is 11.3. The predicted molar refractivity (Wildman–Crippen MR) is 51.3 cm³/mol. The van der Waals surface area contributed by atoms with E-state index in [2.05, 4.69) is 0 Å². The topological polar surface area (TPSA) is 46.3 Å². The van der Waals surface area contributed by atoms with Crippen molar-refractivity contribution < 1.29 is 4.79 Å². The maximum atomic E-state index is 11.3. The van der Waals surface area contributed by atoms with E-state index in [1.807, 2.05) is 11.9 Å². The maximum Gasteiger partial charge on any atom is 0.222 e. The summed E-state index contributed by atoms with van der Waals surface area (Å²) in [5.41, 5.74) is 5.30. The molecule has 0 aromatic rings. The van der Waals surface area contributed by atoms with Gasteiger partial charge in [-0.2, -0.15) is 0 Å². The molecular formula is C8H17ClN2O. The Bertz CT molecular complexity index is 148. The smallest absolute Gasteiger partial charge is 0.222 e. The molecule has 4 heteroatoms. The fourth-order valence-electron chi connectivity index (χ4n) is 1.10. The summed E-state index contributed by atoms with van der Waals surface area (Å²) in [6.45, 7) is 0.615. The molecule has 0 saturated heterocycles. The van der Waals surface area contributed by atoms with Crippen molar-refractivity contribution >= 4 is 18.3 Å². The third-order valence-corrected chi connectivity index (χ3v) is 2.08. The average molecular weight is 193 g/mol. The van der Waals surface area contributed by atoms with E-state index in [4.69, 9.17) is 5.73 Å². The second-order valence-electron chi connectivity index (χ2n) is 3.13. The van der Waals surface area contributed by atoms with Crippen LogP contribution in [0.2, 0.25) is 0 Å². The zero-order valence-corrected chi connectivity index (χ0v) is 8.27. The molecule has 0 unspecified atom stereocenters. The van der Waals surface area contributed by atoms with Crippen molar-refractivity contribution in [3.8, 4) is 0 Å². The lowest BCUT2D eigenvalue weighted by molar-refractivity contribution is -0.130. The highest BCUT2D eigenvalue weighted by Crippen LogP contribution is 2.25. The first-order valence-corrected chi connectivity index (χ1v) is 4.21. The van der Waals surface area contributed by atoms with E-state index >= 15 is 0 Å². The molecule has 1 aliphatic rings. The first-order chi connectivity index (χ1) is 5.25. The Kier molecular flexibility index (Phi) is 5.25. The van der Waals surface area contributed by atoms with Gasteiger partial charge in [-0.3, -0.25) is 4.79 Å². The predicted octanol–water partition coefficient (Wildman–Crippen LogP) is 0.768. The van der Waals surface area contributed by atoms with Crippen molar-refractivity contribution in [2.75, 3.05) is 13.6 Å². The van der Waals surface area contributed by atoms with Gasteiger partial charge in [-0.1, -0.05) is 0 Å². The van der Waals surface area contributed by atoms with Crippen molar-refractivity contribution in [3.05, 3.63) is 0 Å². The molecule has 0 spiro atoms. The number of rotatable bonds is 4. The fraction of sp³-hybridized carbons (Fsp3) is 0.875. The molecule has 0 atom stereocenters. The molecule has 0 radical (unpaired) electrons. The summed E-state index contributed by atoms with van der Waals surface area (Å²) in [7, 11) is 1.89. The van der Waals surface area contributed by atoms with E-state index < -0.39 is 0 Å². The Morgan fingerprint density at radius 2 is 2.17 bits per heavy atom. The summed E-state index contributed by atoms with van der Waals surface area (Å²) in [6, 6.07) is 0.542. The summed E-state index contributed by atoms with van der Waals surface area (Å²) in [5, 5.41) is 0. The minimum absolute atomic E-state index is 0. The van der Waals surface area contributed by atoms with E-state index in [1.54, 1.807) is 0 Å². The molecule has 0 heterocycles. The lowest BCUT2D eigenvalue weighted by atomic mass is 10.3. The lowest BCUT2D eigenvalue weighted by Gasteiger charge is -2.15. The molecule has 1 amide bonds. The van der Waals surface area contributed by atoms with Crippen LogP contribution >= 0.6 is 12.4 Å². The molecule has 2 N–H and O–H groups in total. The third kappa shape index (κ3) is 3.41. The van der Waals surface area contributed by atoms with Crippen molar-refractivity contribution in [1.82, 2.24) is 4.90 Å². The number of nitrogens with zero attached hydrogens (tertiary/aromatic N) is 1. The minimum Gasteiger partial charge on any atom is -0.343 e. The highest BCUT2D eigenvalue weighted by Gasteiger charge is 2.28. The average Bonchev–Trinajstić information content (AvgIpc) is 2.81. The molecule has 72 valence electrons. The standard InChI is InChI=1S/C8H16N2O.ClH/c1-10(7-4-5-7)8(11)3-2-6-9;/h7H,2-6,9H2,1H3;1H. The van der Waals surface area contributed by atoms with Gasteiger partial charge >= 0.3 is 0 Å². The fourth-order valence-corrected chi connectivity index (χ4v) is 1.10. The minimum atomic E-state index is 0. The van der Waals surface area contributed by atoms with Crippen LogP contribution in [0.25, 0.3) is 0 Å². The number of hydrogen-bond donors (Lipinski definition) is 1. The highest BCUT2D eigenvalue weighted by atomic mass is 35.5. The molecule has 0 aliphatic heterocycles. The van der Waals surface area contributed by atoms with E-state index in [0.29, 0.717) is 19.0 Å². The molecule has 1 aliphatic carbocycles. The Morgan fingerprint density at radius 3 is 2.58 bits per heavy atom. The zero-order chi connectivity index (χ0) is 8.27. The molecule has 0 aromatic heterocycles. The molecule has 3 nitrogen and oxygen atoms in total. The lowest BCUT2D eigenvalue weighted by Crippen LogP contribution is -2.28. The van der Waals surface area contributed by atoms with E-state index in [-0.39, 0.29) is 18.3 Å². The van der Waals surface area contributed by atoms with Crippen molar-refractivity contribution in [2.45, 2.75) is 31.7 Å². The summed E-state index contributed by atoms with van der Waals surface area (Å²) in [4.78, 5) is 13.1. The van der Waals surface area contributed by atoms with Crippen LogP contribution in [-0.4, -0.2) is 30.4 Å². The van der Waals surface area contributed by atoms with Gasteiger partial charge in [0.05, 0.1) is 0 Å². The van der Waals surface area contributed by atoms with Gasteiger partial charge in [-0.05, 0) is 25.8 Å². The van der Waals surface area contributed by atoms with Crippen LogP contribution in [0.3, 0.4) is 0 Å². The van der Waals surface area contributed by atoms with Crippen LogP contribution in [0.4, 0.5) is 0 Å². The van der Waals surface area contributed by atoms with Gasteiger partial charge in [-0.25, -0.2) is 0 Å². The van der Waals surface area contributed by atoms with Gasteiger partial charge in [0.2, 0.25) is 5.91 Å². The Morgan fingerprint density at radius 1 is 1.58 bits per heavy atom. The van der Waals surface area contributed by atoms with Gasteiger partial charge in [0, 0.05) is 19.5 Å². The number of amides is 1. The number of hydrogen-bond acceptors (Lipinski definition) is 2. The first kappa shape index (κ1) is 11.7. The van der Waals surface area contributed by atoms with Crippen molar-refractivity contribution in [3.63, 3.8) is 0 Å². The molecule has 0 bridgehead atoms. The third-order valence-electron chi connectivity index (χ3n) is 2.08. The number of carbonyl (C=O) groups is 1. The first-order valence-electron chi connectivity index (χ1n) is 4.21. The van der Waals surface area contributed by atoms with Crippen LogP contribution in [0.1, 0.15) is 25.7 Å². The number of halogens is 1. The molecule has 1 rings (SSSR count). The SMILES string of the molecule is CN(C(=O)CCCN)C1CC1.Cl. The van der Waals surface area contributed by atoms with Crippen molar-refractivity contribution in [2.24, 2.45) is 5.73 Å². The second-order valence-corrected chi connectivity index (χ2v) is 3.13. The Labute approximate surface area is 79.7 Å². The second kappa shape index (κ2) is 5.38. The van der Waals surface area contributed by atoms with Gasteiger partial charge in [0.25, 0.3) is 0 Å². The Balaban J connectivity index is 0.00000121. The highest BCUT2D eigenvalue weighted by molar-refractivity contribution is 5.85.